The molecule has 8 heteroatoms. The number of nitrogens with two attached hydrogens (primary N) is 1. The van der Waals surface area contributed by atoms with E-state index in [4.69, 9.17) is 5.73 Å². The van der Waals surface area contributed by atoms with Gasteiger partial charge >= 0.3 is 0 Å². The Hall–Kier alpha value is -1.93. The summed E-state index contributed by atoms with van der Waals surface area (Å²) in [6.45, 7) is 1.80. The highest BCUT2D eigenvalue weighted by atomic mass is 32.2. The Bertz CT molecular complexity index is 740. The van der Waals surface area contributed by atoms with Crippen LogP contribution in [0.3, 0.4) is 0 Å². The number of sulfonamides is 1. The van der Waals surface area contributed by atoms with Crippen molar-refractivity contribution in [3.05, 3.63) is 41.5 Å². The van der Waals surface area contributed by atoms with E-state index in [1.54, 1.807) is 14.0 Å². The third-order valence-electron chi connectivity index (χ3n) is 2.78. The predicted octanol–water partition coefficient (Wildman–Crippen LogP) is 1.13. The average molecular weight is 298 g/mol. The molecule has 0 unspecified atom stereocenters. The van der Waals surface area contributed by atoms with Gasteiger partial charge in [-0.05, 0) is 24.6 Å². The van der Waals surface area contributed by atoms with Gasteiger partial charge in [-0.25, -0.2) is 12.8 Å². The number of anilines is 1. The van der Waals surface area contributed by atoms with Crippen molar-refractivity contribution in [1.82, 2.24) is 9.78 Å². The van der Waals surface area contributed by atoms with E-state index >= 15 is 0 Å². The lowest BCUT2D eigenvalue weighted by molar-refractivity contribution is 0.569. The number of hydrogen-bond donors (Lipinski definition) is 2. The largest absolute Gasteiger partial charge is 0.326 e. The quantitative estimate of drug-likeness (QED) is 0.885. The number of halogens is 1. The Morgan fingerprint density at radius 1 is 1.45 bits per heavy atom. The van der Waals surface area contributed by atoms with Crippen molar-refractivity contribution in [2.75, 3.05) is 4.72 Å². The van der Waals surface area contributed by atoms with Gasteiger partial charge in [0.1, 0.15) is 10.7 Å². The first-order valence-electron chi connectivity index (χ1n) is 5.85. The van der Waals surface area contributed by atoms with Crippen LogP contribution in [0.2, 0.25) is 0 Å². The first kappa shape index (κ1) is 14.5. The maximum absolute atomic E-state index is 13.8. The number of nitrogens with zero attached hydrogens (tertiary/aromatic N) is 2. The molecule has 0 aliphatic carbocycles. The molecule has 1 aromatic heterocycles. The Morgan fingerprint density at radius 2 is 2.15 bits per heavy atom. The van der Waals surface area contributed by atoms with Crippen molar-refractivity contribution < 1.29 is 12.8 Å². The molecule has 0 amide bonds. The number of aryl methyl sites for hydroxylation is 2. The van der Waals surface area contributed by atoms with Gasteiger partial charge in [0.25, 0.3) is 10.0 Å². The van der Waals surface area contributed by atoms with Gasteiger partial charge in [-0.1, -0.05) is 6.07 Å². The lowest BCUT2D eigenvalue weighted by Gasteiger charge is -2.08. The molecule has 3 N–H and O–H groups in total. The van der Waals surface area contributed by atoms with Crippen LogP contribution < -0.4 is 10.5 Å². The zero-order valence-electron chi connectivity index (χ0n) is 11.1. The second kappa shape index (κ2) is 5.22. The predicted molar refractivity (Wildman–Crippen MR) is 73.0 cm³/mol. The first-order valence-corrected chi connectivity index (χ1v) is 7.33. The highest BCUT2D eigenvalue weighted by molar-refractivity contribution is 7.92. The third kappa shape index (κ3) is 2.81. The molecule has 20 heavy (non-hydrogen) atoms. The fourth-order valence-electron chi connectivity index (χ4n) is 1.79. The molecular weight excluding hydrogens is 283 g/mol. The maximum atomic E-state index is 13.8. The van der Waals surface area contributed by atoms with Crippen LogP contribution in [0.1, 0.15) is 11.3 Å². The number of nitrogens with one attached hydrogen (secondary N) is 1. The molecule has 0 aliphatic rings. The van der Waals surface area contributed by atoms with E-state index in [1.807, 2.05) is 0 Å². The summed E-state index contributed by atoms with van der Waals surface area (Å²) in [6, 6.07) is 3.80. The van der Waals surface area contributed by atoms with E-state index in [1.165, 1.54) is 23.0 Å². The summed E-state index contributed by atoms with van der Waals surface area (Å²) in [4.78, 5) is -0.419. The van der Waals surface area contributed by atoms with Crippen LogP contribution >= 0.6 is 0 Å². The smallest absolute Gasteiger partial charge is 0.264 e. The Kier molecular flexibility index (Phi) is 3.78. The summed E-state index contributed by atoms with van der Waals surface area (Å²) in [6.07, 6.45) is 1.51. The molecule has 2 rings (SSSR count). The van der Waals surface area contributed by atoms with Crippen LogP contribution in [0.15, 0.2) is 29.3 Å². The van der Waals surface area contributed by atoms with E-state index < -0.39 is 20.7 Å². The zero-order valence-corrected chi connectivity index (χ0v) is 11.9. The van der Waals surface area contributed by atoms with Crippen molar-refractivity contribution in [1.29, 1.82) is 0 Å². The average Bonchev–Trinajstić information content (AvgIpc) is 2.66. The first-order chi connectivity index (χ1) is 9.33. The summed E-state index contributed by atoms with van der Waals surface area (Å²) in [5, 5.41) is 4.02. The van der Waals surface area contributed by atoms with Crippen LogP contribution in [0.25, 0.3) is 0 Å². The van der Waals surface area contributed by atoms with Gasteiger partial charge in [-0.3, -0.25) is 9.40 Å². The lowest BCUT2D eigenvalue weighted by atomic mass is 10.2. The van der Waals surface area contributed by atoms with Gasteiger partial charge < -0.3 is 5.73 Å². The molecule has 0 bridgehead atoms. The molecule has 1 heterocycles. The highest BCUT2D eigenvalue weighted by Gasteiger charge is 2.21. The summed E-state index contributed by atoms with van der Waals surface area (Å²) < 4.78 is 42.0. The van der Waals surface area contributed by atoms with Crippen molar-refractivity contribution in [2.45, 2.75) is 18.4 Å². The molecule has 0 fully saturated rings. The van der Waals surface area contributed by atoms with Gasteiger partial charge in [-0.2, -0.15) is 5.10 Å². The molecule has 0 aliphatic heterocycles. The number of aromatic nitrogens is 2. The molecule has 0 radical (unpaired) electrons. The molecule has 6 nitrogen and oxygen atoms in total. The minimum absolute atomic E-state index is 0.145. The monoisotopic (exact) mass is 298 g/mol. The molecule has 0 saturated carbocycles. The standard InChI is InChI=1S/C12H15FN4O2S/c1-8-11(7-17(2)15-8)16-20(18,19)12-4-3-9(6-14)5-10(12)13/h3-5,7,16H,6,14H2,1-2H3. The molecule has 0 atom stereocenters. The van der Waals surface area contributed by atoms with Crippen molar-refractivity contribution in [3.63, 3.8) is 0 Å². The molecule has 0 spiro atoms. The topological polar surface area (TPSA) is 90.0 Å². The molecule has 2 aromatic rings. The number of hydrogen-bond acceptors (Lipinski definition) is 4. The van der Waals surface area contributed by atoms with Crippen LogP contribution in [0.5, 0.6) is 0 Å². The fraction of sp³-hybridized carbons (Fsp3) is 0.250. The Labute approximate surface area is 116 Å². The lowest BCUT2D eigenvalue weighted by Crippen LogP contribution is -2.15. The summed E-state index contributed by atoms with van der Waals surface area (Å²) in [7, 11) is -2.33. The van der Waals surface area contributed by atoms with Crippen LogP contribution in [0, 0.1) is 12.7 Å². The van der Waals surface area contributed by atoms with E-state index in [-0.39, 0.29) is 6.54 Å². The molecule has 108 valence electrons. The zero-order chi connectivity index (χ0) is 14.9. The SMILES string of the molecule is Cc1nn(C)cc1NS(=O)(=O)c1ccc(CN)cc1F. The summed E-state index contributed by atoms with van der Waals surface area (Å²) in [5.74, 6) is -0.831. The minimum atomic E-state index is -4.00. The second-order valence-electron chi connectivity index (χ2n) is 4.38. The summed E-state index contributed by atoms with van der Waals surface area (Å²) in [5.41, 5.74) is 6.73. The van der Waals surface area contributed by atoms with Crippen molar-refractivity contribution in [3.8, 4) is 0 Å². The van der Waals surface area contributed by atoms with Crippen molar-refractivity contribution in [2.24, 2.45) is 12.8 Å². The molecule has 0 saturated heterocycles. The number of benzene rings is 1. The van der Waals surface area contributed by atoms with Crippen LogP contribution in [0.4, 0.5) is 10.1 Å². The Balaban J connectivity index is 2.38. The maximum Gasteiger partial charge on any atom is 0.264 e. The Morgan fingerprint density at radius 3 is 2.65 bits per heavy atom. The molecule has 1 aromatic carbocycles. The van der Waals surface area contributed by atoms with Gasteiger partial charge in [0.2, 0.25) is 0 Å². The highest BCUT2D eigenvalue weighted by Crippen LogP contribution is 2.21. The molecular formula is C12H15FN4O2S. The van der Waals surface area contributed by atoms with E-state index in [9.17, 15) is 12.8 Å². The number of rotatable bonds is 4. The van der Waals surface area contributed by atoms with Gasteiger partial charge in [-0.15, -0.1) is 0 Å². The van der Waals surface area contributed by atoms with Gasteiger partial charge in [0.05, 0.1) is 11.4 Å². The van der Waals surface area contributed by atoms with Crippen LogP contribution in [-0.2, 0) is 23.6 Å². The third-order valence-corrected chi connectivity index (χ3v) is 4.18. The normalized spacial score (nSPS) is 11.6. The van der Waals surface area contributed by atoms with Gasteiger partial charge in [0, 0.05) is 19.8 Å². The van der Waals surface area contributed by atoms with E-state index in [0.717, 1.165) is 6.07 Å². The summed E-state index contributed by atoms with van der Waals surface area (Å²) >= 11 is 0. The fourth-order valence-corrected chi connectivity index (χ4v) is 2.95. The van der Waals surface area contributed by atoms with Gasteiger partial charge in [0.15, 0.2) is 0 Å². The van der Waals surface area contributed by atoms with Crippen molar-refractivity contribution >= 4 is 15.7 Å². The van der Waals surface area contributed by atoms with E-state index in [2.05, 4.69) is 9.82 Å². The van der Waals surface area contributed by atoms with E-state index in [0.29, 0.717) is 16.9 Å². The minimum Gasteiger partial charge on any atom is -0.326 e. The second-order valence-corrected chi connectivity index (χ2v) is 6.03. The van der Waals surface area contributed by atoms with Crippen LogP contribution in [-0.4, -0.2) is 18.2 Å².